The van der Waals surface area contributed by atoms with Crippen molar-refractivity contribution >= 4 is 11.8 Å². The van der Waals surface area contributed by atoms with Crippen LogP contribution in [0, 0.1) is 5.92 Å². The molecule has 1 saturated carbocycles. The van der Waals surface area contributed by atoms with Crippen molar-refractivity contribution in [2.75, 3.05) is 12.3 Å². The van der Waals surface area contributed by atoms with Crippen LogP contribution in [0.15, 0.2) is 0 Å². The molecule has 0 heterocycles. The summed E-state index contributed by atoms with van der Waals surface area (Å²) < 4.78 is 36.9. The first-order valence-corrected chi connectivity index (χ1v) is 5.97. The van der Waals surface area contributed by atoms with Crippen LogP contribution < -0.4 is 5.73 Å². The molecule has 1 aliphatic rings. The molecule has 1 aliphatic carbocycles. The zero-order chi connectivity index (χ0) is 10.6. The average molecular weight is 227 g/mol. The number of nitrogens with two attached hydrogens (primary N) is 1. The molecule has 0 aromatic carbocycles. The minimum Gasteiger partial charge on any atom is -0.330 e. The van der Waals surface area contributed by atoms with Gasteiger partial charge in [0.25, 0.3) is 0 Å². The lowest BCUT2D eigenvalue weighted by molar-refractivity contribution is -0.165. The molecule has 1 unspecified atom stereocenters. The minimum atomic E-state index is -4.12. The molecule has 0 bridgehead atoms. The summed E-state index contributed by atoms with van der Waals surface area (Å²) in [6.07, 6.45) is 0.341. The third-order valence-corrected chi connectivity index (χ3v) is 4.12. The summed E-state index contributed by atoms with van der Waals surface area (Å²) >= 11 is 1.44. The van der Waals surface area contributed by atoms with E-state index in [9.17, 15) is 13.2 Å². The lowest BCUT2D eigenvalue weighted by atomic mass is 10.2. The zero-order valence-electron chi connectivity index (χ0n) is 8.02. The topological polar surface area (TPSA) is 26.0 Å². The maximum absolute atomic E-state index is 12.3. The van der Waals surface area contributed by atoms with E-state index in [4.69, 9.17) is 5.73 Å². The van der Waals surface area contributed by atoms with E-state index >= 15 is 0 Å². The van der Waals surface area contributed by atoms with Crippen LogP contribution in [-0.4, -0.2) is 23.7 Å². The van der Waals surface area contributed by atoms with E-state index in [0.717, 1.165) is 25.7 Å². The molecule has 5 heteroatoms. The number of thioether (sulfide) groups is 1. The van der Waals surface area contributed by atoms with Gasteiger partial charge in [-0.2, -0.15) is 24.9 Å². The number of hydrogen-bond acceptors (Lipinski definition) is 2. The molecule has 1 fully saturated rings. The van der Waals surface area contributed by atoms with Crippen molar-refractivity contribution in [1.29, 1.82) is 0 Å². The first-order valence-electron chi connectivity index (χ1n) is 4.92. The van der Waals surface area contributed by atoms with Gasteiger partial charge in [0.2, 0.25) is 0 Å². The van der Waals surface area contributed by atoms with Crippen LogP contribution in [0.2, 0.25) is 0 Å². The molecule has 0 saturated heterocycles. The highest BCUT2D eigenvalue weighted by Gasteiger charge is 2.38. The fourth-order valence-corrected chi connectivity index (χ4v) is 3.10. The Morgan fingerprint density at radius 2 is 1.86 bits per heavy atom. The van der Waals surface area contributed by atoms with Crippen LogP contribution in [0.5, 0.6) is 0 Å². The highest BCUT2D eigenvalue weighted by atomic mass is 32.2. The Hall–Kier alpha value is 0.100. The van der Waals surface area contributed by atoms with Crippen LogP contribution in [0.3, 0.4) is 0 Å². The second kappa shape index (κ2) is 5.26. The van der Waals surface area contributed by atoms with Crippen molar-refractivity contribution in [2.24, 2.45) is 11.7 Å². The molecule has 0 aromatic heterocycles. The number of halogens is 3. The van der Waals surface area contributed by atoms with E-state index < -0.39 is 12.1 Å². The normalized spacial score (nSPS) is 21.4. The Morgan fingerprint density at radius 3 is 2.29 bits per heavy atom. The highest BCUT2D eigenvalue weighted by Crippen LogP contribution is 2.34. The van der Waals surface area contributed by atoms with Crippen LogP contribution in [0.4, 0.5) is 13.2 Å². The number of rotatable bonds is 4. The van der Waals surface area contributed by atoms with Crippen molar-refractivity contribution < 1.29 is 13.2 Å². The lowest BCUT2D eigenvalue weighted by Gasteiger charge is -2.19. The molecule has 1 rings (SSSR count). The van der Waals surface area contributed by atoms with Crippen LogP contribution in [-0.2, 0) is 0 Å². The van der Waals surface area contributed by atoms with Gasteiger partial charge in [-0.25, -0.2) is 0 Å². The van der Waals surface area contributed by atoms with Crippen molar-refractivity contribution in [2.45, 2.75) is 37.1 Å². The Labute approximate surface area is 86.6 Å². The van der Waals surface area contributed by atoms with E-state index in [0.29, 0.717) is 5.25 Å². The first-order chi connectivity index (χ1) is 6.54. The molecular formula is C9H16F3NS. The molecule has 0 aromatic rings. The molecule has 84 valence electrons. The smallest absolute Gasteiger partial charge is 0.330 e. The standard InChI is InChI=1S/C9H16F3NS/c10-9(11,12)7(5-13)6-14-8-3-1-2-4-8/h7-8H,1-6,13H2. The van der Waals surface area contributed by atoms with Gasteiger partial charge in [-0.1, -0.05) is 12.8 Å². The summed E-state index contributed by atoms with van der Waals surface area (Å²) in [6, 6.07) is 0. The molecular weight excluding hydrogens is 211 g/mol. The molecule has 0 aliphatic heterocycles. The summed E-state index contributed by atoms with van der Waals surface area (Å²) in [5, 5.41) is 0.436. The predicted octanol–water partition coefficient (Wildman–Crippen LogP) is 2.80. The highest BCUT2D eigenvalue weighted by molar-refractivity contribution is 7.99. The van der Waals surface area contributed by atoms with Crippen molar-refractivity contribution in [3.05, 3.63) is 0 Å². The van der Waals surface area contributed by atoms with Crippen molar-refractivity contribution in [3.8, 4) is 0 Å². The van der Waals surface area contributed by atoms with Crippen LogP contribution in [0.1, 0.15) is 25.7 Å². The van der Waals surface area contributed by atoms with Gasteiger partial charge in [-0.05, 0) is 12.8 Å². The summed E-state index contributed by atoms with van der Waals surface area (Å²) in [4.78, 5) is 0. The minimum absolute atomic E-state index is 0.130. The zero-order valence-corrected chi connectivity index (χ0v) is 8.83. The molecule has 14 heavy (non-hydrogen) atoms. The van der Waals surface area contributed by atoms with Crippen LogP contribution >= 0.6 is 11.8 Å². The van der Waals surface area contributed by atoms with Gasteiger partial charge >= 0.3 is 6.18 Å². The largest absolute Gasteiger partial charge is 0.393 e. The van der Waals surface area contributed by atoms with Gasteiger partial charge in [0.05, 0.1) is 5.92 Å². The van der Waals surface area contributed by atoms with Crippen molar-refractivity contribution in [3.63, 3.8) is 0 Å². The molecule has 1 nitrogen and oxygen atoms in total. The van der Waals surface area contributed by atoms with Crippen molar-refractivity contribution in [1.82, 2.24) is 0 Å². The van der Waals surface area contributed by atoms with Crippen LogP contribution in [0.25, 0.3) is 0 Å². The first kappa shape index (κ1) is 12.2. The molecule has 0 radical (unpaired) electrons. The Kier molecular flexibility index (Phi) is 4.57. The summed E-state index contributed by atoms with van der Waals surface area (Å²) in [5.74, 6) is -1.20. The maximum Gasteiger partial charge on any atom is 0.393 e. The monoisotopic (exact) mass is 227 g/mol. The van der Waals surface area contributed by atoms with E-state index in [2.05, 4.69) is 0 Å². The van der Waals surface area contributed by atoms with Gasteiger partial charge in [0, 0.05) is 17.5 Å². The van der Waals surface area contributed by atoms with E-state index in [1.165, 1.54) is 11.8 Å². The summed E-state index contributed by atoms with van der Waals surface area (Å²) in [5.41, 5.74) is 5.11. The molecule has 0 amide bonds. The summed E-state index contributed by atoms with van der Waals surface area (Å²) in [7, 11) is 0. The fourth-order valence-electron chi connectivity index (χ4n) is 1.60. The Balaban J connectivity index is 2.26. The second-order valence-electron chi connectivity index (χ2n) is 3.71. The predicted molar refractivity (Wildman–Crippen MR) is 53.3 cm³/mol. The van der Waals surface area contributed by atoms with Gasteiger partial charge < -0.3 is 5.73 Å². The quantitative estimate of drug-likeness (QED) is 0.799. The lowest BCUT2D eigenvalue weighted by Crippen LogP contribution is -2.32. The number of hydrogen-bond donors (Lipinski definition) is 1. The third kappa shape index (κ3) is 3.69. The molecule has 1 atom stereocenters. The van der Waals surface area contributed by atoms with E-state index in [-0.39, 0.29) is 12.3 Å². The molecule has 0 spiro atoms. The van der Waals surface area contributed by atoms with Gasteiger partial charge in [0.15, 0.2) is 0 Å². The second-order valence-corrected chi connectivity index (χ2v) is 5.05. The summed E-state index contributed by atoms with van der Waals surface area (Å²) in [6.45, 7) is -0.288. The van der Waals surface area contributed by atoms with Gasteiger partial charge in [-0.3, -0.25) is 0 Å². The van der Waals surface area contributed by atoms with E-state index in [1.54, 1.807) is 0 Å². The van der Waals surface area contributed by atoms with Gasteiger partial charge in [0.1, 0.15) is 0 Å². The Bertz CT molecular complexity index is 166. The maximum atomic E-state index is 12.3. The third-order valence-electron chi connectivity index (χ3n) is 2.58. The fraction of sp³-hybridized carbons (Fsp3) is 1.00. The SMILES string of the molecule is NCC(CSC1CCCC1)C(F)(F)F. The van der Waals surface area contributed by atoms with E-state index in [1.807, 2.05) is 0 Å². The number of alkyl halides is 3. The van der Waals surface area contributed by atoms with Gasteiger partial charge in [-0.15, -0.1) is 0 Å². The Morgan fingerprint density at radius 1 is 1.29 bits per heavy atom. The average Bonchev–Trinajstić information content (AvgIpc) is 2.55. The molecule has 2 N–H and O–H groups in total.